The molecule has 170 valence electrons. The van der Waals surface area contributed by atoms with Crippen molar-refractivity contribution in [1.82, 2.24) is 20.5 Å². The maximum Gasteiger partial charge on any atom is 0.419 e. The molecule has 3 unspecified atom stereocenters. The topological polar surface area (TPSA) is 112 Å². The number of fused-ring (bicyclic) bond motifs is 2. The summed E-state index contributed by atoms with van der Waals surface area (Å²) in [7, 11) is 1.68. The molecule has 0 radical (unpaired) electrons. The standard InChI is InChI=1S/C25H27N5O3/c1-30-22-12-17(8-9-23(22)33-25(30)32)16-6-4-15(5-7-16)11-18(14-26)28-24(31)21-13-20-19(29-21)3-2-10-27-20/h4-9,12,18-21,27,29H,2-3,10-11,13H2,1H3,(H,28,31)/t18-,19?,20?,21?/m0/s1. The molecule has 2 fully saturated rings. The Balaban J connectivity index is 1.23. The Bertz CT molecular complexity index is 1260. The third-order valence-electron chi connectivity index (χ3n) is 6.80. The van der Waals surface area contributed by atoms with Crippen molar-refractivity contribution < 1.29 is 9.21 Å². The maximum absolute atomic E-state index is 12.7. The zero-order valence-electron chi connectivity index (χ0n) is 18.5. The maximum atomic E-state index is 12.7. The molecule has 1 aromatic heterocycles. The Hall–Kier alpha value is -3.41. The van der Waals surface area contributed by atoms with Crippen LogP contribution in [0.2, 0.25) is 0 Å². The number of rotatable bonds is 5. The average Bonchev–Trinajstić information content (AvgIpc) is 3.40. The Kier molecular flexibility index (Phi) is 5.75. The number of hydrogen-bond acceptors (Lipinski definition) is 6. The Morgan fingerprint density at radius 3 is 2.79 bits per heavy atom. The van der Waals surface area contributed by atoms with Crippen molar-refractivity contribution in [2.24, 2.45) is 7.05 Å². The molecule has 0 saturated carbocycles. The van der Waals surface area contributed by atoms with E-state index >= 15 is 0 Å². The van der Waals surface area contributed by atoms with Crippen molar-refractivity contribution in [3.05, 3.63) is 58.6 Å². The van der Waals surface area contributed by atoms with Crippen LogP contribution in [-0.2, 0) is 18.3 Å². The van der Waals surface area contributed by atoms with Gasteiger partial charge >= 0.3 is 5.76 Å². The minimum absolute atomic E-state index is 0.103. The van der Waals surface area contributed by atoms with Crippen molar-refractivity contribution in [3.63, 3.8) is 0 Å². The minimum Gasteiger partial charge on any atom is -0.408 e. The van der Waals surface area contributed by atoms with Gasteiger partial charge in [0.25, 0.3) is 0 Å². The highest BCUT2D eigenvalue weighted by molar-refractivity contribution is 5.83. The van der Waals surface area contributed by atoms with Crippen LogP contribution in [0.3, 0.4) is 0 Å². The number of carbonyl (C=O) groups excluding carboxylic acids is 1. The molecule has 5 rings (SSSR count). The van der Waals surface area contributed by atoms with Gasteiger partial charge in [0.05, 0.1) is 17.6 Å². The smallest absolute Gasteiger partial charge is 0.408 e. The number of benzene rings is 2. The van der Waals surface area contributed by atoms with E-state index in [0.29, 0.717) is 24.1 Å². The predicted molar refractivity (Wildman–Crippen MR) is 124 cm³/mol. The van der Waals surface area contributed by atoms with Crippen LogP contribution in [0.5, 0.6) is 0 Å². The zero-order chi connectivity index (χ0) is 22.9. The summed E-state index contributed by atoms with van der Waals surface area (Å²) < 4.78 is 6.68. The van der Waals surface area contributed by atoms with E-state index in [0.717, 1.165) is 48.0 Å². The quantitative estimate of drug-likeness (QED) is 0.553. The van der Waals surface area contributed by atoms with Crippen LogP contribution in [0.4, 0.5) is 0 Å². The fraction of sp³-hybridized carbons (Fsp3) is 0.400. The van der Waals surface area contributed by atoms with Crippen molar-refractivity contribution in [1.29, 1.82) is 5.26 Å². The van der Waals surface area contributed by atoms with Crippen LogP contribution in [0.15, 0.2) is 51.7 Å². The number of carbonyl (C=O) groups is 1. The van der Waals surface area contributed by atoms with Crippen molar-refractivity contribution >= 4 is 17.0 Å². The molecular weight excluding hydrogens is 418 g/mol. The molecule has 3 N–H and O–H groups in total. The highest BCUT2D eigenvalue weighted by atomic mass is 16.4. The number of aryl methyl sites for hydroxylation is 1. The molecule has 2 saturated heterocycles. The molecule has 8 nitrogen and oxygen atoms in total. The fourth-order valence-electron chi connectivity index (χ4n) is 4.94. The Morgan fingerprint density at radius 2 is 2.03 bits per heavy atom. The lowest BCUT2D eigenvalue weighted by Gasteiger charge is -2.25. The van der Waals surface area contributed by atoms with Crippen LogP contribution in [0.25, 0.3) is 22.2 Å². The second-order valence-corrected chi connectivity index (χ2v) is 8.97. The van der Waals surface area contributed by atoms with Crippen molar-refractivity contribution in [2.75, 3.05) is 6.54 Å². The van der Waals surface area contributed by atoms with Gasteiger partial charge in [-0.2, -0.15) is 5.26 Å². The summed E-state index contributed by atoms with van der Waals surface area (Å²) in [6.07, 6.45) is 3.40. The van der Waals surface area contributed by atoms with Crippen molar-refractivity contribution in [2.45, 2.75) is 49.9 Å². The molecular formula is C25H27N5O3. The van der Waals surface area contributed by atoms with Gasteiger partial charge < -0.3 is 20.4 Å². The van der Waals surface area contributed by atoms with Gasteiger partial charge in [-0.25, -0.2) is 4.79 Å². The number of aromatic nitrogens is 1. The molecule has 0 bridgehead atoms. The first-order valence-corrected chi connectivity index (χ1v) is 11.4. The number of oxazole rings is 1. The monoisotopic (exact) mass is 445 g/mol. The second-order valence-electron chi connectivity index (χ2n) is 8.97. The molecule has 0 aliphatic carbocycles. The molecule has 0 spiro atoms. The number of amides is 1. The second kappa shape index (κ2) is 8.85. The highest BCUT2D eigenvalue weighted by Crippen LogP contribution is 2.25. The predicted octanol–water partition coefficient (Wildman–Crippen LogP) is 1.83. The van der Waals surface area contributed by atoms with Gasteiger partial charge in [0.1, 0.15) is 6.04 Å². The summed E-state index contributed by atoms with van der Waals surface area (Å²) in [4.78, 5) is 24.5. The first kappa shape index (κ1) is 21.4. The van der Waals surface area contributed by atoms with E-state index in [2.05, 4.69) is 22.0 Å². The molecule has 4 atom stereocenters. The number of nitriles is 1. The fourth-order valence-corrected chi connectivity index (χ4v) is 4.94. The van der Waals surface area contributed by atoms with Gasteiger partial charge in [-0.05, 0) is 54.6 Å². The van der Waals surface area contributed by atoms with E-state index in [1.807, 2.05) is 36.4 Å². The van der Waals surface area contributed by atoms with Crippen LogP contribution >= 0.6 is 0 Å². The first-order valence-electron chi connectivity index (χ1n) is 11.4. The lowest BCUT2D eigenvalue weighted by atomic mass is 9.99. The largest absolute Gasteiger partial charge is 0.419 e. The van der Waals surface area contributed by atoms with E-state index in [1.165, 1.54) is 4.57 Å². The summed E-state index contributed by atoms with van der Waals surface area (Å²) in [6, 6.07) is 15.6. The molecule has 33 heavy (non-hydrogen) atoms. The van der Waals surface area contributed by atoms with Gasteiger partial charge in [0.2, 0.25) is 5.91 Å². The molecule has 8 heteroatoms. The molecule has 2 aliphatic heterocycles. The summed E-state index contributed by atoms with van der Waals surface area (Å²) in [5.74, 6) is -0.488. The summed E-state index contributed by atoms with van der Waals surface area (Å²) in [5, 5.41) is 19.4. The van der Waals surface area contributed by atoms with Gasteiger partial charge in [0, 0.05) is 25.6 Å². The normalized spacial score (nSPS) is 23.1. The molecule has 3 aromatic rings. The van der Waals surface area contributed by atoms with Gasteiger partial charge in [-0.1, -0.05) is 30.3 Å². The summed E-state index contributed by atoms with van der Waals surface area (Å²) in [5.41, 5.74) is 4.24. The SMILES string of the molecule is Cn1c(=O)oc2ccc(-c3ccc(C[C@@H](C#N)NC(=O)C4CC5NCCCC5N4)cc3)cc21. The van der Waals surface area contributed by atoms with E-state index in [4.69, 9.17) is 4.42 Å². The highest BCUT2D eigenvalue weighted by Gasteiger charge is 2.38. The van der Waals surface area contributed by atoms with E-state index in [9.17, 15) is 14.9 Å². The first-order chi connectivity index (χ1) is 16.0. The van der Waals surface area contributed by atoms with Crippen LogP contribution in [0.1, 0.15) is 24.8 Å². The molecule has 3 heterocycles. The van der Waals surface area contributed by atoms with Crippen molar-refractivity contribution in [3.8, 4) is 17.2 Å². The zero-order valence-corrected chi connectivity index (χ0v) is 18.5. The molecule has 1 amide bonds. The number of nitrogens with one attached hydrogen (secondary N) is 3. The average molecular weight is 446 g/mol. The lowest BCUT2D eigenvalue weighted by Crippen LogP contribution is -2.48. The summed E-state index contributed by atoms with van der Waals surface area (Å²) in [6.45, 7) is 1.00. The third-order valence-corrected chi connectivity index (χ3v) is 6.80. The number of nitrogens with zero attached hydrogens (tertiary/aromatic N) is 2. The van der Waals surface area contributed by atoms with Crippen LogP contribution in [-0.4, -0.2) is 41.2 Å². The Morgan fingerprint density at radius 1 is 1.24 bits per heavy atom. The molecule has 2 aliphatic rings. The summed E-state index contributed by atoms with van der Waals surface area (Å²) >= 11 is 0. The minimum atomic E-state index is -0.586. The van der Waals surface area contributed by atoms with Crippen LogP contribution in [0, 0.1) is 11.3 Å². The van der Waals surface area contributed by atoms with Crippen LogP contribution < -0.4 is 21.7 Å². The molecule has 2 aromatic carbocycles. The van der Waals surface area contributed by atoms with E-state index < -0.39 is 6.04 Å². The van der Waals surface area contributed by atoms with E-state index in [-0.39, 0.29) is 17.7 Å². The number of hydrogen-bond donors (Lipinski definition) is 3. The van der Waals surface area contributed by atoms with Gasteiger partial charge in [0.15, 0.2) is 5.58 Å². The Labute approximate surface area is 191 Å². The lowest BCUT2D eigenvalue weighted by molar-refractivity contribution is -0.123. The number of piperidine rings is 1. The van der Waals surface area contributed by atoms with Gasteiger partial charge in [-0.15, -0.1) is 0 Å². The third kappa shape index (κ3) is 4.30. The van der Waals surface area contributed by atoms with Gasteiger partial charge in [-0.3, -0.25) is 9.36 Å². The van der Waals surface area contributed by atoms with E-state index in [1.54, 1.807) is 13.1 Å².